The molecule has 0 saturated carbocycles. The van der Waals surface area contributed by atoms with E-state index in [0.29, 0.717) is 42.4 Å². The fourth-order valence-electron chi connectivity index (χ4n) is 3.20. The molecule has 1 fully saturated rings. The van der Waals surface area contributed by atoms with Crippen LogP contribution in [0.15, 0.2) is 36.1 Å². The molecule has 0 spiro atoms. The summed E-state index contributed by atoms with van der Waals surface area (Å²) >= 11 is 0. The van der Waals surface area contributed by atoms with Crippen LogP contribution in [0.1, 0.15) is 17.5 Å². The average molecular weight is 388 g/mol. The number of benzene rings is 1. The van der Waals surface area contributed by atoms with Crippen molar-refractivity contribution in [2.24, 2.45) is 0 Å². The Morgan fingerprint density at radius 3 is 2.54 bits per heavy atom. The van der Waals surface area contributed by atoms with Gasteiger partial charge in [-0.1, -0.05) is 6.08 Å². The molecule has 1 aromatic rings. The van der Waals surface area contributed by atoms with Crippen LogP contribution >= 0.6 is 0 Å². The maximum absolute atomic E-state index is 12.4. The second kappa shape index (κ2) is 8.55. The van der Waals surface area contributed by atoms with Gasteiger partial charge >= 0.3 is 11.8 Å². The fraction of sp³-hybridized carbons (Fsp3) is 0.400. The van der Waals surface area contributed by atoms with Crippen LogP contribution in [0.25, 0.3) is 0 Å². The highest BCUT2D eigenvalue weighted by Gasteiger charge is 2.27. The predicted molar refractivity (Wildman–Crippen MR) is 103 cm³/mol. The van der Waals surface area contributed by atoms with Crippen LogP contribution in [0, 0.1) is 13.8 Å². The Morgan fingerprint density at radius 2 is 1.86 bits per heavy atom. The Hall–Kier alpha value is -2.68. The van der Waals surface area contributed by atoms with Crippen molar-refractivity contribution in [3.8, 4) is 0 Å². The highest BCUT2D eigenvalue weighted by Crippen LogP contribution is 2.25. The summed E-state index contributed by atoms with van der Waals surface area (Å²) in [6.45, 7) is 6.79. The molecule has 1 aromatic carbocycles. The monoisotopic (exact) mass is 388 g/mol. The second-order valence-electron chi connectivity index (χ2n) is 7.24. The zero-order chi connectivity index (χ0) is 20.3. The number of nitrogens with zero attached hydrogens (tertiary/aromatic N) is 3. The predicted octanol–water partition coefficient (Wildman–Crippen LogP) is 1.59. The van der Waals surface area contributed by atoms with Crippen molar-refractivity contribution < 1.29 is 30.2 Å². The van der Waals surface area contributed by atoms with Crippen LogP contribution in [0.2, 0.25) is 0 Å². The first-order valence-electron chi connectivity index (χ1n) is 9.36. The number of hydrogen-bond acceptors (Lipinski definition) is 5. The molecule has 0 atom stereocenters. The number of carbonyl (C=O) groups is 1. The number of carbonyl (C=O) groups excluding carboxylic acids is 1. The van der Waals surface area contributed by atoms with Crippen molar-refractivity contribution in [3.05, 3.63) is 47.2 Å². The largest absolute Gasteiger partial charge is 0.415 e. The Bertz CT molecular complexity index is 852. The summed E-state index contributed by atoms with van der Waals surface area (Å²) in [5, 5.41) is 20.3. The molecular formula is C20H28N4O4+2. The highest BCUT2D eigenvalue weighted by atomic mass is 16.6. The third-order valence-electron chi connectivity index (χ3n) is 5.17. The number of ether oxygens (including phenoxy) is 1. The number of hydrogen-bond donors (Lipinski definition) is 3. The van der Waals surface area contributed by atoms with Crippen molar-refractivity contribution in [1.29, 1.82) is 0 Å². The molecule has 0 unspecified atom stereocenters. The molecule has 1 saturated heterocycles. The molecule has 1 aliphatic carbocycles. The van der Waals surface area contributed by atoms with Gasteiger partial charge in [-0.2, -0.15) is 5.48 Å². The van der Waals surface area contributed by atoms with E-state index in [2.05, 4.69) is 4.90 Å². The summed E-state index contributed by atoms with van der Waals surface area (Å²) in [6.07, 6.45) is 5.29. The quantitative estimate of drug-likeness (QED) is 0.317. The van der Waals surface area contributed by atoms with Gasteiger partial charge in [0.1, 0.15) is 5.76 Å². The van der Waals surface area contributed by atoms with Crippen LogP contribution in [0.5, 0.6) is 0 Å². The molecule has 2 aliphatic rings. The number of quaternary nitrogens is 1. The molecule has 8 nitrogen and oxygen atoms in total. The standard InChI is InChI=1S/C20H27N4O4/c1-14-11-18(21-26)19(12-15(14)2)24(27)16-5-4-6-17(13-16)28-20(25)23-9-7-22(3)8-10-23/h4,6,11-13,21,26-27H,5,7-10H2,1-3H3/q+1/p+1/b24-16-. The molecule has 0 radical (unpaired) electrons. The van der Waals surface area contributed by atoms with E-state index in [1.807, 2.05) is 39.1 Å². The van der Waals surface area contributed by atoms with Gasteiger partial charge in [-0.05, 0) is 38.1 Å². The van der Waals surface area contributed by atoms with E-state index in [9.17, 15) is 15.2 Å². The van der Waals surface area contributed by atoms with Crippen LogP contribution < -0.4 is 5.48 Å². The van der Waals surface area contributed by atoms with Crippen molar-refractivity contribution in [1.82, 2.24) is 9.80 Å². The van der Waals surface area contributed by atoms with E-state index in [1.165, 1.54) is 0 Å². The molecule has 150 valence electrons. The minimum absolute atomic E-state index is 0.377. The van der Waals surface area contributed by atoms with Gasteiger partial charge in [0.15, 0.2) is 0 Å². The summed E-state index contributed by atoms with van der Waals surface area (Å²) in [5.74, 6) is 0.377. The van der Waals surface area contributed by atoms with E-state index in [1.54, 1.807) is 17.1 Å². The number of amides is 1. The topological polar surface area (TPSA) is 92.9 Å². The smallest absolute Gasteiger partial charge is 0.410 e. The number of likely N-dealkylation sites (N-methyl/N-ethyl adjacent to an activating group) is 1. The lowest BCUT2D eigenvalue weighted by atomic mass is 10.1. The zero-order valence-electron chi connectivity index (χ0n) is 16.6. The summed E-state index contributed by atoms with van der Waals surface area (Å²) in [5.41, 5.74) is 4.52. The van der Waals surface area contributed by atoms with Crippen LogP contribution in [-0.2, 0) is 4.74 Å². The summed E-state index contributed by atoms with van der Waals surface area (Å²) in [7, 11) is 2.02. The number of allylic oxidation sites excluding steroid dienone is 3. The van der Waals surface area contributed by atoms with Crippen molar-refractivity contribution in [2.75, 3.05) is 33.2 Å². The fourth-order valence-corrected chi connectivity index (χ4v) is 3.20. The third-order valence-corrected chi connectivity index (χ3v) is 5.17. The van der Waals surface area contributed by atoms with Gasteiger partial charge in [0, 0.05) is 43.1 Å². The van der Waals surface area contributed by atoms with E-state index in [4.69, 9.17) is 4.74 Å². The SMILES string of the molecule is Cc1cc([NH2+]O)c(/[N+](O)=C2/C=C(OC(=O)N3CCN(C)CC3)C=CC2)cc1C. The summed E-state index contributed by atoms with van der Waals surface area (Å²) in [6, 6.07) is 3.62. The molecule has 3 rings (SSSR count). The van der Waals surface area contributed by atoms with Crippen LogP contribution in [0.3, 0.4) is 0 Å². The lowest BCUT2D eigenvalue weighted by Gasteiger charge is -2.31. The maximum atomic E-state index is 12.4. The Labute approximate surface area is 164 Å². The van der Waals surface area contributed by atoms with E-state index in [0.717, 1.165) is 34.4 Å². The molecule has 1 aliphatic heterocycles. The molecule has 28 heavy (non-hydrogen) atoms. The highest BCUT2D eigenvalue weighted by molar-refractivity contribution is 5.95. The molecular weight excluding hydrogens is 360 g/mol. The van der Waals surface area contributed by atoms with Crippen molar-refractivity contribution in [3.63, 3.8) is 0 Å². The number of aryl methyl sites for hydroxylation is 2. The number of rotatable bonds is 3. The summed E-state index contributed by atoms with van der Waals surface area (Å²) < 4.78 is 6.54. The lowest BCUT2D eigenvalue weighted by molar-refractivity contribution is -0.830. The minimum atomic E-state index is -0.384. The number of piperazine rings is 1. The van der Waals surface area contributed by atoms with Gasteiger partial charge in [0.05, 0.1) is 12.5 Å². The molecule has 4 N–H and O–H groups in total. The maximum Gasteiger partial charge on any atom is 0.415 e. The van der Waals surface area contributed by atoms with Crippen molar-refractivity contribution >= 4 is 23.2 Å². The summed E-state index contributed by atoms with van der Waals surface area (Å²) in [4.78, 5) is 16.2. The molecule has 1 heterocycles. The zero-order valence-corrected chi connectivity index (χ0v) is 16.6. The number of nitrogens with two attached hydrogens (primary N) is 1. The van der Waals surface area contributed by atoms with Gasteiger partial charge in [-0.3, -0.25) is 5.21 Å². The lowest BCUT2D eigenvalue weighted by Crippen LogP contribution is -2.74. The van der Waals surface area contributed by atoms with Gasteiger partial charge in [-0.15, -0.1) is 0 Å². The normalized spacial score (nSPS) is 19.4. The molecule has 8 heteroatoms. The van der Waals surface area contributed by atoms with Gasteiger partial charge in [0.2, 0.25) is 11.4 Å². The van der Waals surface area contributed by atoms with Crippen LogP contribution in [-0.4, -0.2) is 70.0 Å². The van der Waals surface area contributed by atoms with Gasteiger partial charge in [0.25, 0.3) is 0 Å². The average Bonchev–Trinajstić information content (AvgIpc) is 2.69. The molecule has 0 aromatic heterocycles. The molecule has 1 amide bonds. The first-order chi connectivity index (χ1) is 13.4. The molecule has 0 bridgehead atoms. The second-order valence-corrected chi connectivity index (χ2v) is 7.24. The first kappa shape index (κ1) is 20.1. The van der Waals surface area contributed by atoms with Gasteiger partial charge in [-0.25, -0.2) is 10.0 Å². The Balaban J connectivity index is 1.81. The van der Waals surface area contributed by atoms with Crippen molar-refractivity contribution in [2.45, 2.75) is 20.3 Å². The Kier molecular flexibility index (Phi) is 6.13. The van der Waals surface area contributed by atoms with E-state index >= 15 is 0 Å². The van der Waals surface area contributed by atoms with E-state index < -0.39 is 0 Å². The van der Waals surface area contributed by atoms with Crippen LogP contribution in [0.4, 0.5) is 16.2 Å². The minimum Gasteiger partial charge on any atom is -0.410 e. The third kappa shape index (κ3) is 4.41. The van der Waals surface area contributed by atoms with Gasteiger partial charge < -0.3 is 14.5 Å². The first-order valence-corrected chi connectivity index (χ1v) is 9.36. The Morgan fingerprint density at radius 1 is 1.18 bits per heavy atom. The van der Waals surface area contributed by atoms with E-state index in [-0.39, 0.29) is 6.09 Å².